The predicted octanol–water partition coefficient (Wildman–Crippen LogP) is 4.47. The number of aromatic amines is 1. The zero-order valence-electron chi connectivity index (χ0n) is 25.6. The van der Waals surface area contributed by atoms with Crippen molar-refractivity contribution in [3.05, 3.63) is 46.8 Å². The molecule has 9 heterocycles. The van der Waals surface area contributed by atoms with E-state index in [1.807, 2.05) is 6.07 Å². The molecule has 3 atom stereocenters. The van der Waals surface area contributed by atoms with E-state index in [9.17, 15) is 4.39 Å². The molecule has 244 valence electrons. The molecule has 8 bridgehead atoms. The number of ether oxygens (including phenoxy) is 2. The number of anilines is 1. The van der Waals surface area contributed by atoms with E-state index in [4.69, 9.17) is 36.1 Å². The van der Waals surface area contributed by atoms with Gasteiger partial charge in [-0.2, -0.15) is 30.1 Å². The van der Waals surface area contributed by atoms with Gasteiger partial charge in [0.1, 0.15) is 29.8 Å². The van der Waals surface area contributed by atoms with Crippen LogP contribution in [0.2, 0.25) is 5.02 Å². The Morgan fingerprint density at radius 2 is 2.04 bits per heavy atom. The third-order valence-corrected chi connectivity index (χ3v) is 10.6. The SMILES string of the molecule is Fc1c2ncc3c(nc(OC[C@@]45CCCN4C[C@H](F)C5)nc13)N1CCOCC(C1)c1cnn(n1)CCCc1c(Cl)cc3[nH]ncc3c1-2. The van der Waals surface area contributed by atoms with E-state index in [0.29, 0.717) is 91.3 Å². The van der Waals surface area contributed by atoms with E-state index >= 15 is 4.39 Å². The van der Waals surface area contributed by atoms with Gasteiger partial charge in [0.2, 0.25) is 0 Å². The summed E-state index contributed by atoms with van der Waals surface area (Å²) in [5.41, 5.74) is 2.60. The number of nitrogens with one attached hydrogen (secondary N) is 1. The van der Waals surface area contributed by atoms with Crippen LogP contribution >= 0.6 is 11.6 Å². The Hall–Kier alpha value is -4.01. The Morgan fingerprint density at radius 1 is 1.11 bits per heavy atom. The highest BCUT2D eigenvalue weighted by atomic mass is 35.5. The van der Waals surface area contributed by atoms with Crippen LogP contribution in [-0.2, 0) is 17.7 Å². The highest BCUT2D eigenvalue weighted by Crippen LogP contribution is 2.42. The number of aryl methyl sites for hydroxylation is 1. The van der Waals surface area contributed by atoms with Crippen molar-refractivity contribution in [2.24, 2.45) is 0 Å². The van der Waals surface area contributed by atoms with E-state index in [1.165, 1.54) is 0 Å². The molecule has 10 rings (SSSR count). The highest BCUT2D eigenvalue weighted by Gasteiger charge is 2.49. The van der Waals surface area contributed by atoms with Crippen molar-refractivity contribution in [2.45, 2.75) is 56.3 Å². The molecule has 3 saturated heterocycles. The summed E-state index contributed by atoms with van der Waals surface area (Å²) in [4.78, 5) is 20.2. The van der Waals surface area contributed by atoms with Crippen molar-refractivity contribution < 1.29 is 18.3 Å². The van der Waals surface area contributed by atoms with Crippen LogP contribution in [0.3, 0.4) is 0 Å². The van der Waals surface area contributed by atoms with E-state index in [-0.39, 0.29) is 29.7 Å². The average molecular weight is 663 g/mol. The lowest BCUT2D eigenvalue weighted by Crippen LogP contribution is -2.43. The Labute approximate surface area is 273 Å². The minimum absolute atomic E-state index is 0.0423. The summed E-state index contributed by atoms with van der Waals surface area (Å²) in [6.07, 6.45) is 7.60. The van der Waals surface area contributed by atoms with Gasteiger partial charge in [-0.1, -0.05) is 11.6 Å². The number of nitrogens with zero attached hydrogens (tertiary/aromatic N) is 9. The summed E-state index contributed by atoms with van der Waals surface area (Å²) < 4.78 is 44.0. The number of halogens is 3. The normalized spacial score (nSPS) is 24.7. The number of fused-ring (bicyclic) bond motifs is 5. The van der Waals surface area contributed by atoms with Gasteiger partial charge in [0, 0.05) is 54.1 Å². The molecule has 0 aliphatic carbocycles. The summed E-state index contributed by atoms with van der Waals surface area (Å²) in [7, 11) is 0. The largest absolute Gasteiger partial charge is 0.461 e. The molecule has 12 nitrogen and oxygen atoms in total. The third kappa shape index (κ3) is 4.91. The van der Waals surface area contributed by atoms with E-state index < -0.39 is 17.5 Å². The van der Waals surface area contributed by atoms with Crippen LogP contribution in [0.15, 0.2) is 24.7 Å². The zero-order valence-corrected chi connectivity index (χ0v) is 26.4. The van der Waals surface area contributed by atoms with Crippen LogP contribution in [0, 0.1) is 5.82 Å². The Bertz CT molecular complexity index is 2000. The number of pyridine rings is 1. The van der Waals surface area contributed by atoms with Crippen LogP contribution in [0.25, 0.3) is 33.1 Å². The maximum absolute atomic E-state index is 17.1. The molecule has 0 spiro atoms. The molecule has 0 saturated carbocycles. The Kier molecular flexibility index (Phi) is 7.01. The van der Waals surface area contributed by atoms with Gasteiger partial charge in [0.05, 0.1) is 54.3 Å². The molecule has 0 radical (unpaired) electrons. The third-order valence-electron chi connectivity index (χ3n) is 10.2. The number of benzene rings is 1. The molecule has 1 N–H and O–H groups in total. The van der Waals surface area contributed by atoms with Gasteiger partial charge >= 0.3 is 6.01 Å². The lowest BCUT2D eigenvalue weighted by atomic mass is 9.95. The van der Waals surface area contributed by atoms with Crippen LogP contribution in [0.1, 0.15) is 42.9 Å². The fourth-order valence-electron chi connectivity index (χ4n) is 7.95. The lowest BCUT2D eigenvalue weighted by molar-refractivity contribution is 0.107. The fourth-order valence-corrected chi connectivity index (χ4v) is 8.25. The number of aromatic nitrogens is 8. The van der Waals surface area contributed by atoms with E-state index in [1.54, 1.807) is 23.4 Å². The fraction of sp³-hybridized carbons (Fsp3) is 0.500. The van der Waals surface area contributed by atoms with Gasteiger partial charge < -0.3 is 14.4 Å². The number of hydrogen-bond acceptors (Lipinski definition) is 10. The van der Waals surface area contributed by atoms with Crippen molar-refractivity contribution in [1.29, 1.82) is 0 Å². The number of alkyl halides is 1. The second-order valence-corrected chi connectivity index (χ2v) is 13.5. The highest BCUT2D eigenvalue weighted by molar-refractivity contribution is 6.33. The zero-order chi connectivity index (χ0) is 31.7. The quantitative estimate of drug-likeness (QED) is 0.296. The first-order chi connectivity index (χ1) is 23.0. The molecule has 5 aliphatic heterocycles. The minimum atomic E-state index is -0.899. The van der Waals surface area contributed by atoms with Crippen molar-refractivity contribution >= 4 is 39.2 Å². The number of H-pyrrole nitrogens is 1. The molecular weight excluding hydrogens is 630 g/mol. The van der Waals surface area contributed by atoms with Crippen LogP contribution in [0.5, 0.6) is 6.01 Å². The van der Waals surface area contributed by atoms with Crippen molar-refractivity contribution in [3.63, 3.8) is 0 Å². The molecule has 5 aromatic rings. The predicted molar refractivity (Wildman–Crippen MR) is 170 cm³/mol. The van der Waals surface area contributed by atoms with Crippen molar-refractivity contribution in [1.82, 2.24) is 45.0 Å². The first kappa shape index (κ1) is 29.2. The van der Waals surface area contributed by atoms with Gasteiger partial charge in [-0.05, 0) is 43.9 Å². The topological polar surface area (TPSA) is 123 Å². The summed E-state index contributed by atoms with van der Waals surface area (Å²) in [6.45, 7) is 3.95. The maximum atomic E-state index is 17.1. The number of hydrogen-bond donors (Lipinski definition) is 1. The van der Waals surface area contributed by atoms with Crippen LogP contribution < -0.4 is 9.64 Å². The molecule has 1 aromatic carbocycles. The summed E-state index contributed by atoms with van der Waals surface area (Å²) in [5.74, 6) is -0.201. The first-order valence-electron chi connectivity index (χ1n) is 16.2. The Balaban J connectivity index is 1.23. The molecule has 4 aromatic heterocycles. The van der Waals surface area contributed by atoms with Crippen molar-refractivity contribution in [3.8, 4) is 17.3 Å². The van der Waals surface area contributed by atoms with Crippen LogP contribution in [0.4, 0.5) is 14.6 Å². The summed E-state index contributed by atoms with van der Waals surface area (Å²) in [5, 5.41) is 18.2. The van der Waals surface area contributed by atoms with Gasteiger partial charge in [-0.15, -0.1) is 0 Å². The van der Waals surface area contributed by atoms with Gasteiger partial charge in [-0.3, -0.25) is 15.0 Å². The van der Waals surface area contributed by atoms with Gasteiger partial charge in [0.15, 0.2) is 5.82 Å². The molecule has 15 heteroatoms. The van der Waals surface area contributed by atoms with Crippen LogP contribution in [-0.4, -0.2) is 103 Å². The van der Waals surface area contributed by atoms with Gasteiger partial charge in [-0.25, -0.2) is 8.78 Å². The monoisotopic (exact) mass is 662 g/mol. The molecule has 0 amide bonds. The Morgan fingerprint density at radius 3 is 2.98 bits per heavy atom. The number of rotatable bonds is 3. The minimum Gasteiger partial charge on any atom is -0.461 e. The summed E-state index contributed by atoms with van der Waals surface area (Å²) in [6, 6.07) is 1.85. The van der Waals surface area contributed by atoms with E-state index in [0.717, 1.165) is 30.6 Å². The second kappa shape index (κ2) is 11.3. The molecule has 1 unspecified atom stereocenters. The smallest absolute Gasteiger partial charge is 0.319 e. The molecule has 5 aliphatic rings. The van der Waals surface area contributed by atoms with Gasteiger partial charge in [0.25, 0.3) is 0 Å². The molecule has 47 heavy (non-hydrogen) atoms. The standard InChI is InChI=1S/C32H33ClF2N10O2/c33-23-9-24-21(12-37-41-24)26-20(23)3-1-6-45-38-13-25(42-45)18-14-43(7-8-46-16-18)30-22-11-36-29(26)27(35)28(22)39-31(40-30)47-17-32-4-2-5-44(32)15-19(34)10-32/h9,11-13,18-19H,1-8,10,14-17H2,(H,37,41)/t18?,19-,32+/m1/s1. The van der Waals surface area contributed by atoms with Crippen molar-refractivity contribution in [2.75, 3.05) is 50.9 Å². The lowest BCUT2D eigenvalue weighted by Gasteiger charge is -2.31. The summed E-state index contributed by atoms with van der Waals surface area (Å²) >= 11 is 6.86. The molecular formula is C32H33ClF2N10O2. The average Bonchev–Trinajstić information content (AvgIpc) is 3.82. The second-order valence-electron chi connectivity index (χ2n) is 13.1. The van der Waals surface area contributed by atoms with E-state index in [2.05, 4.69) is 30.1 Å². The maximum Gasteiger partial charge on any atom is 0.319 e. The first-order valence-corrected chi connectivity index (χ1v) is 16.6. The molecule has 3 fully saturated rings.